The molecule has 148 valence electrons. The van der Waals surface area contributed by atoms with E-state index in [4.69, 9.17) is 9.72 Å². The number of pyridine rings is 1. The second kappa shape index (κ2) is 8.82. The number of piperidine rings is 1. The molecule has 6 nitrogen and oxygen atoms in total. The minimum absolute atomic E-state index is 0.151. The predicted molar refractivity (Wildman–Crippen MR) is 110 cm³/mol. The van der Waals surface area contributed by atoms with E-state index < -0.39 is 0 Å². The normalized spacial score (nSPS) is 16.4. The summed E-state index contributed by atoms with van der Waals surface area (Å²) in [5.74, 6) is 0.888. The van der Waals surface area contributed by atoms with Crippen LogP contribution in [0.25, 0.3) is 11.1 Å². The Morgan fingerprint density at radius 2 is 1.97 bits per heavy atom. The molecule has 1 aromatic carbocycles. The van der Waals surface area contributed by atoms with Crippen LogP contribution < -0.4 is 0 Å². The van der Waals surface area contributed by atoms with E-state index in [1.165, 1.54) is 0 Å². The van der Waals surface area contributed by atoms with Gasteiger partial charge in [0.15, 0.2) is 0 Å². The summed E-state index contributed by atoms with van der Waals surface area (Å²) in [6.07, 6.45) is 7.05. The summed E-state index contributed by atoms with van der Waals surface area (Å²) in [5.41, 5.74) is 4.02. The first-order valence-electron chi connectivity index (χ1n) is 9.90. The first kappa shape index (κ1) is 19.1. The summed E-state index contributed by atoms with van der Waals surface area (Å²) >= 11 is 0. The summed E-state index contributed by atoms with van der Waals surface area (Å²) in [5, 5.41) is 0. The van der Waals surface area contributed by atoms with E-state index in [0.717, 1.165) is 41.1 Å². The fraction of sp³-hybridized carbons (Fsp3) is 0.304. The van der Waals surface area contributed by atoms with Crippen molar-refractivity contribution in [3.8, 4) is 11.1 Å². The Hall–Kier alpha value is -3.28. The quantitative estimate of drug-likeness (QED) is 0.664. The molecule has 1 unspecified atom stereocenters. The van der Waals surface area contributed by atoms with Crippen LogP contribution >= 0.6 is 0 Å². The fourth-order valence-corrected chi connectivity index (χ4v) is 3.73. The molecule has 4 rings (SSSR count). The number of carbonyl (C=O) groups excluding carboxylic acids is 1. The topological polar surface area (TPSA) is 68.2 Å². The third-order valence-electron chi connectivity index (χ3n) is 5.20. The molecular formula is C23H24N4O2. The van der Waals surface area contributed by atoms with Crippen molar-refractivity contribution >= 4 is 6.09 Å². The molecule has 0 aliphatic carbocycles. The van der Waals surface area contributed by atoms with Crippen LogP contribution in [-0.4, -0.2) is 39.0 Å². The van der Waals surface area contributed by atoms with Gasteiger partial charge in [-0.2, -0.15) is 0 Å². The largest absolute Gasteiger partial charge is 0.445 e. The molecular weight excluding hydrogens is 364 g/mol. The number of hydrogen-bond donors (Lipinski definition) is 0. The summed E-state index contributed by atoms with van der Waals surface area (Å²) in [6, 6.07) is 13.7. The summed E-state index contributed by atoms with van der Waals surface area (Å²) < 4.78 is 5.54. The van der Waals surface area contributed by atoms with Crippen molar-refractivity contribution in [2.75, 3.05) is 13.1 Å². The lowest BCUT2D eigenvalue weighted by Gasteiger charge is -2.32. The molecule has 3 heterocycles. The molecule has 1 aliphatic heterocycles. The molecule has 3 aromatic rings. The molecule has 0 radical (unpaired) electrons. The lowest BCUT2D eigenvalue weighted by molar-refractivity contribution is 0.0856. The number of likely N-dealkylation sites (tertiary alicyclic amines) is 1. The van der Waals surface area contributed by atoms with Gasteiger partial charge in [0.25, 0.3) is 0 Å². The van der Waals surface area contributed by atoms with E-state index in [9.17, 15) is 4.79 Å². The molecule has 2 aromatic heterocycles. The lowest BCUT2D eigenvalue weighted by atomic mass is 9.90. The lowest BCUT2D eigenvalue weighted by Crippen LogP contribution is -2.39. The first-order chi connectivity index (χ1) is 14.2. The van der Waals surface area contributed by atoms with Crippen molar-refractivity contribution in [2.45, 2.75) is 32.3 Å². The number of hydrogen-bond acceptors (Lipinski definition) is 5. The van der Waals surface area contributed by atoms with Gasteiger partial charge in [-0.05, 0) is 43.0 Å². The molecule has 1 fully saturated rings. The van der Waals surface area contributed by atoms with E-state index in [1.54, 1.807) is 17.3 Å². The number of aromatic nitrogens is 3. The van der Waals surface area contributed by atoms with E-state index >= 15 is 0 Å². The summed E-state index contributed by atoms with van der Waals surface area (Å²) in [4.78, 5) is 27.7. The van der Waals surface area contributed by atoms with E-state index in [0.29, 0.717) is 13.1 Å². The van der Waals surface area contributed by atoms with Gasteiger partial charge in [-0.3, -0.25) is 4.98 Å². The van der Waals surface area contributed by atoms with Crippen molar-refractivity contribution in [3.05, 3.63) is 78.1 Å². The molecule has 0 spiro atoms. The average molecular weight is 388 g/mol. The average Bonchev–Trinajstić information content (AvgIpc) is 2.79. The Bertz CT molecular complexity index is 963. The molecule has 29 heavy (non-hydrogen) atoms. The summed E-state index contributed by atoms with van der Waals surface area (Å²) in [6.45, 7) is 3.49. The number of carbonyl (C=O) groups is 1. The third-order valence-corrected chi connectivity index (χ3v) is 5.20. The van der Waals surface area contributed by atoms with E-state index in [-0.39, 0.29) is 18.6 Å². The fourth-order valence-electron chi connectivity index (χ4n) is 3.73. The zero-order valence-corrected chi connectivity index (χ0v) is 16.5. The highest BCUT2D eigenvalue weighted by Gasteiger charge is 2.28. The van der Waals surface area contributed by atoms with Gasteiger partial charge in [0.05, 0.1) is 5.69 Å². The van der Waals surface area contributed by atoms with Gasteiger partial charge < -0.3 is 9.64 Å². The van der Waals surface area contributed by atoms with Crippen molar-refractivity contribution < 1.29 is 9.53 Å². The number of aryl methyl sites for hydroxylation is 1. The minimum atomic E-state index is -0.269. The number of benzene rings is 1. The highest BCUT2D eigenvalue weighted by atomic mass is 16.6. The second-order valence-corrected chi connectivity index (χ2v) is 7.28. The highest BCUT2D eigenvalue weighted by Crippen LogP contribution is 2.33. The maximum absolute atomic E-state index is 12.6. The second-order valence-electron chi connectivity index (χ2n) is 7.28. The van der Waals surface area contributed by atoms with Gasteiger partial charge in [0.1, 0.15) is 12.4 Å². The number of amides is 1. The van der Waals surface area contributed by atoms with Crippen LogP contribution in [0, 0.1) is 6.92 Å². The van der Waals surface area contributed by atoms with Gasteiger partial charge in [0, 0.05) is 43.2 Å². The van der Waals surface area contributed by atoms with Crippen LogP contribution in [0.15, 0.2) is 61.1 Å². The Labute approximate surface area is 170 Å². The van der Waals surface area contributed by atoms with Crippen molar-refractivity contribution in [2.24, 2.45) is 0 Å². The van der Waals surface area contributed by atoms with Gasteiger partial charge >= 0.3 is 6.09 Å². The SMILES string of the molecule is Cc1ncc(-c2ccncc2)c(C2CCCN(C(=O)OCc3ccccc3)C2)n1. The maximum Gasteiger partial charge on any atom is 0.410 e. The predicted octanol–water partition coefficient (Wildman–Crippen LogP) is 4.36. The molecule has 1 aliphatic rings. The van der Waals surface area contributed by atoms with Crippen LogP contribution in [0.2, 0.25) is 0 Å². The standard InChI is InChI=1S/C23H24N4O2/c1-17-25-14-21(19-9-11-24-12-10-19)22(26-17)20-8-5-13-27(15-20)23(28)29-16-18-6-3-2-4-7-18/h2-4,6-7,9-12,14,20H,5,8,13,15-16H2,1H3. The molecule has 6 heteroatoms. The Balaban J connectivity index is 1.50. The van der Waals surface area contributed by atoms with Crippen molar-refractivity contribution in [3.63, 3.8) is 0 Å². The Kier molecular flexibility index (Phi) is 5.79. The number of rotatable bonds is 4. The van der Waals surface area contributed by atoms with Gasteiger partial charge in [0.2, 0.25) is 0 Å². The molecule has 1 atom stereocenters. The monoisotopic (exact) mass is 388 g/mol. The van der Waals surface area contributed by atoms with Crippen LogP contribution in [-0.2, 0) is 11.3 Å². The van der Waals surface area contributed by atoms with E-state index in [1.807, 2.05) is 55.6 Å². The van der Waals surface area contributed by atoms with Crippen molar-refractivity contribution in [1.29, 1.82) is 0 Å². The zero-order chi connectivity index (χ0) is 20.1. The first-order valence-corrected chi connectivity index (χ1v) is 9.90. The molecule has 0 N–H and O–H groups in total. The smallest absolute Gasteiger partial charge is 0.410 e. The van der Waals surface area contributed by atoms with E-state index in [2.05, 4.69) is 9.97 Å². The molecule has 1 saturated heterocycles. The van der Waals surface area contributed by atoms with Crippen LogP contribution in [0.4, 0.5) is 4.79 Å². The zero-order valence-electron chi connectivity index (χ0n) is 16.5. The van der Waals surface area contributed by atoms with Crippen LogP contribution in [0.3, 0.4) is 0 Å². The molecule has 1 amide bonds. The molecule has 0 bridgehead atoms. The van der Waals surface area contributed by atoms with Gasteiger partial charge in [-0.25, -0.2) is 14.8 Å². The maximum atomic E-state index is 12.6. The Morgan fingerprint density at radius 1 is 1.17 bits per heavy atom. The minimum Gasteiger partial charge on any atom is -0.445 e. The van der Waals surface area contributed by atoms with Gasteiger partial charge in [-0.15, -0.1) is 0 Å². The number of ether oxygens (including phenoxy) is 1. The Morgan fingerprint density at radius 3 is 2.76 bits per heavy atom. The highest BCUT2D eigenvalue weighted by molar-refractivity contribution is 5.69. The third kappa shape index (κ3) is 4.59. The van der Waals surface area contributed by atoms with Crippen LogP contribution in [0.1, 0.15) is 35.8 Å². The van der Waals surface area contributed by atoms with Gasteiger partial charge in [-0.1, -0.05) is 30.3 Å². The van der Waals surface area contributed by atoms with Crippen molar-refractivity contribution in [1.82, 2.24) is 19.9 Å². The van der Waals surface area contributed by atoms with Crippen LogP contribution in [0.5, 0.6) is 0 Å². The summed E-state index contributed by atoms with van der Waals surface area (Å²) in [7, 11) is 0. The molecule has 0 saturated carbocycles. The number of nitrogens with zero attached hydrogens (tertiary/aromatic N) is 4.